The van der Waals surface area contributed by atoms with Crippen LogP contribution in [0.1, 0.15) is 56.6 Å². The van der Waals surface area contributed by atoms with Crippen LogP contribution in [0.2, 0.25) is 0 Å². The lowest BCUT2D eigenvalue weighted by atomic mass is 9.49. The molecule has 134 valence electrons. The molecule has 4 fully saturated rings. The minimum atomic E-state index is -0.509. The van der Waals surface area contributed by atoms with Crippen molar-refractivity contribution >= 4 is 11.6 Å². The first-order chi connectivity index (χ1) is 12.1. The summed E-state index contributed by atoms with van der Waals surface area (Å²) in [5.74, 6) is 3.36. The van der Waals surface area contributed by atoms with Gasteiger partial charge in [0.1, 0.15) is 5.75 Å². The zero-order valence-electron chi connectivity index (χ0n) is 14.9. The van der Waals surface area contributed by atoms with Crippen molar-refractivity contribution in [3.8, 4) is 5.75 Å². The van der Waals surface area contributed by atoms with E-state index in [4.69, 9.17) is 4.74 Å². The molecule has 0 aromatic heterocycles. The summed E-state index contributed by atoms with van der Waals surface area (Å²) in [7, 11) is 1.63. The molecule has 5 aliphatic rings. The number of amides is 1. The molecule has 1 unspecified atom stereocenters. The van der Waals surface area contributed by atoms with Crippen molar-refractivity contribution in [2.75, 3.05) is 18.6 Å². The summed E-state index contributed by atoms with van der Waals surface area (Å²) >= 11 is 0. The molecule has 4 aliphatic carbocycles. The maximum Gasteiger partial charge on any atom is 0.233 e. The third-order valence-corrected chi connectivity index (χ3v) is 7.25. The number of nitrogens with zero attached hydrogens (tertiary/aromatic N) is 1. The third-order valence-electron chi connectivity index (χ3n) is 7.25. The van der Waals surface area contributed by atoms with Gasteiger partial charge in [-0.2, -0.15) is 0 Å². The topological polar surface area (TPSA) is 49.8 Å². The molecule has 0 spiro atoms. The molecule has 0 radical (unpaired) electrons. The minimum absolute atomic E-state index is 0.131. The number of methoxy groups -OCH3 is 1. The quantitative estimate of drug-likeness (QED) is 0.893. The second-order valence-electron chi connectivity index (χ2n) is 8.88. The van der Waals surface area contributed by atoms with Gasteiger partial charge in [-0.1, -0.05) is 0 Å². The van der Waals surface area contributed by atoms with E-state index < -0.39 is 6.10 Å². The maximum atomic E-state index is 13.7. The summed E-state index contributed by atoms with van der Waals surface area (Å²) in [6, 6.07) is 5.74. The Labute approximate surface area is 149 Å². The zero-order chi connectivity index (χ0) is 17.2. The number of hydrogen-bond acceptors (Lipinski definition) is 3. The molecule has 1 aromatic rings. The normalized spacial score (nSPS) is 38.6. The van der Waals surface area contributed by atoms with E-state index in [1.807, 2.05) is 23.1 Å². The van der Waals surface area contributed by atoms with Crippen LogP contribution in [0.15, 0.2) is 18.2 Å². The van der Waals surface area contributed by atoms with E-state index in [0.29, 0.717) is 18.9 Å². The first-order valence-electron chi connectivity index (χ1n) is 9.76. The van der Waals surface area contributed by atoms with Crippen molar-refractivity contribution < 1.29 is 14.6 Å². The number of benzene rings is 1. The number of fused-ring (bicyclic) bond motifs is 1. The summed E-state index contributed by atoms with van der Waals surface area (Å²) in [6.07, 6.45) is 7.40. The molecule has 1 atom stereocenters. The Kier molecular flexibility index (Phi) is 3.43. The summed E-state index contributed by atoms with van der Waals surface area (Å²) in [5.41, 5.74) is 1.60. The number of anilines is 1. The first-order valence-corrected chi connectivity index (χ1v) is 9.76. The average molecular weight is 341 g/mol. The fraction of sp³-hybridized carbons (Fsp3) is 0.667. The number of hydrogen-bond donors (Lipinski definition) is 1. The van der Waals surface area contributed by atoms with Gasteiger partial charge >= 0.3 is 0 Å². The Morgan fingerprint density at radius 3 is 2.40 bits per heavy atom. The number of ether oxygens (including phenoxy) is 1. The molecule has 25 heavy (non-hydrogen) atoms. The van der Waals surface area contributed by atoms with Gasteiger partial charge in [-0.3, -0.25) is 4.79 Å². The Morgan fingerprint density at radius 1 is 1.16 bits per heavy atom. The van der Waals surface area contributed by atoms with Crippen molar-refractivity contribution in [2.24, 2.45) is 23.2 Å². The van der Waals surface area contributed by atoms with Crippen LogP contribution in [0.25, 0.3) is 0 Å². The summed E-state index contributed by atoms with van der Waals surface area (Å²) in [5, 5.41) is 10.4. The van der Waals surface area contributed by atoms with E-state index in [1.165, 1.54) is 19.3 Å². The van der Waals surface area contributed by atoms with Gasteiger partial charge in [-0.05, 0) is 80.9 Å². The molecule has 6 rings (SSSR count). The lowest BCUT2D eigenvalue weighted by Gasteiger charge is -2.57. The van der Waals surface area contributed by atoms with Gasteiger partial charge in [-0.15, -0.1) is 0 Å². The molecule has 4 nitrogen and oxygen atoms in total. The average Bonchev–Trinajstić information content (AvgIpc) is 2.60. The van der Waals surface area contributed by atoms with Crippen LogP contribution in [0.5, 0.6) is 5.75 Å². The monoisotopic (exact) mass is 341 g/mol. The highest BCUT2D eigenvalue weighted by molar-refractivity contribution is 5.99. The largest absolute Gasteiger partial charge is 0.497 e. The Hall–Kier alpha value is -1.55. The highest BCUT2D eigenvalue weighted by atomic mass is 16.5. The van der Waals surface area contributed by atoms with Crippen molar-refractivity contribution in [3.05, 3.63) is 23.8 Å². The Bertz CT molecular complexity index is 678. The number of rotatable bonds is 2. The minimum Gasteiger partial charge on any atom is -0.497 e. The van der Waals surface area contributed by atoms with Crippen LogP contribution in [-0.4, -0.2) is 24.7 Å². The van der Waals surface area contributed by atoms with Gasteiger partial charge in [0.2, 0.25) is 5.91 Å². The molecule has 1 heterocycles. The Balaban J connectivity index is 1.50. The fourth-order valence-electron chi connectivity index (χ4n) is 6.57. The third kappa shape index (κ3) is 2.33. The highest BCUT2D eigenvalue weighted by Crippen LogP contribution is 2.61. The second-order valence-corrected chi connectivity index (χ2v) is 8.88. The molecule has 4 saturated carbocycles. The molecule has 0 saturated heterocycles. The summed E-state index contributed by atoms with van der Waals surface area (Å²) in [6.45, 7) is 0.626. The van der Waals surface area contributed by atoms with Crippen molar-refractivity contribution in [1.29, 1.82) is 0 Å². The molecule has 1 amide bonds. The molecule has 1 aliphatic heterocycles. The predicted octanol–water partition coefficient (Wildman–Crippen LogP) is 3.68. The Morgan fingerprint density at radius 2 is 1.80 bits per heavy atom. The molecular weight excluding hydrogens is 314 g/mol. The van der Waals surface area contributed by atoms with E-state index in [2.05, 4.69) is 0 Å². The molecule has 4 bridgehead atoms. The van der Waals surface area contributed by atoms with Crippen LogP contribution in [0.3, 0.4) is 0 Å². The van der Waals surface area contributed by atoms with Crippen molar-refractivity contribution in [1.82, 2.24) is 0 Å². The predicted molar refractivity (Wildman–Crippen MR) is 95.5 cm³/mol. The molecule has 1 aromatic carbocycles. The van der Waals surface area contributed by atoms with Crippen LogP contribution in [-0.2, 0) is 4.79 Å². The molecule has 1 N–H and O–H groups in total. The van der Waals surface area contributed by atoms with Crippen LogP contribution >= 0.6 is 0 Å². The lowest BCUT2D eigenvalue weighted by Crippen LogP contribution is -2.55. The summed E-state index contributed by atoms with van der Waals surface area (Å²) in [4.78, 5) is 15.7. The van der Waals surface area contributed by atoms with Crippen LogP contribution < -0.4 is 9.64 Å². The smallest absolute Gasteiger partial charge is 0.233 e. The van der Waals surface area contributed by atoms with Crippen molar-refractivity contribution in [2.45, 2.75) is 51.0 Å². The van der Waals surface area contributed by atoms with E-state index in [0.717, 1.165) is 54.0 Å². The van der Waals surface area contributed by atoms with E-state index in [1.54, 1.807) is 7.11 Å². The molecular formula is C21H27NO3. The standard InChI is InChI=1S/C21H27NO3/c1-25-16-2-3-18-17(9-16)19(23)4-5-22(18)20(24)21-10-13-6-14(11-21)8-15(7-13)12-21/h2-3,9,13-15,19,23H,4-8,10-12H2,1H3. The summed E-state index contributed by atoms with van der Waals surface area (Å²) < 4.78 is 5.31. The second kappa shape index (κ2) is 5.47. The van der Waals surface area contributed by atoms with Gasteiger partial charge < -0.3 is 14.7 Å². The first kappa shape index (κ1) is 15.7. The number of carbonyl (C=O) groups is 1. The van der Waals surface area contributed by atoms with Crippen LogP contribution in [0, 0.1) is 23.2 Å². The van der Waals surface area contributed by atoms with Gasteiger partial charge in [0.25, 0.3) is 0 Å². The number of aliphatic hydroxyl groups is 1. The van der Waals surface area contributed by atoms with E-state index >= 15 is 0 Å². The van der Waals surface area contributed by atoms with Gasteiger partial charge in [0, 0.05) is 17.8 Å². The maximum absolute atomic E-state index is 13.7. The van der Waals surface area contributed by atoms with Gasteiger partial charge in [0.15, 0.2) is 0 Å². The van der Waals surface area contributed by atoms with Crippen molar-refractivity contribution in [3.63, 3.8) is 0 Å². The highest BCUT2D eigenvalue weighted by Gasteiger charge is 2.56. The number of carbonyl (C=O) groups excluding carboxylic acids is 1. The van der Waals surface area contributed by atoms with E-state index in [-0.39, 0.29) is 5.41 Å². The molecule has 4 heteroatoms. The fourth-order valence-corrected chi connectivity index (χ4v) is 6.57. The SMILES string of the molecule is COc1ccc2c(c1)C(O)CCN2C(=O)C12CC3CC(CC(C3)C1)C2. The van der Waals surface area contributed by atoms with E-state index in [9.17, 15) is 9.90 Å². The number of aliphatic hydroxyl groups excluding tert-OH is 1. The zero-order valence-corrected chi connectivity index (χ0v) is 14.9. The van der Waals surface area contributed by atoms with Gasteiger partial charge in [-0.25, -0.2) is 0 Å². The van der Waals surface area contributed by atoms with Gasteiger partial charge in [0.05, 0.1) is 18.6 Å². The lowest BCUT2D eigenvalue weighted by molar-refractivity contribution is -0.143. The van der Waals surface area contributed by atoms with Crippen LogP contribution in [0.4, 0.5) is 5.69 Å².